The number of aromatic nitrogens is 2. The second-order valence-corrected chi connectivity index (χ2v) is 5.70. The zero-order chi connectivity index (χ0) is 20.4. The van der Waals surface area contributed by atoms with Crippen molar-refractivity contribution in [1.29, 1.82) is 0 Å². The van der Waals surface area contributed by atoms with Gasteiger partial charge in [0.1, 0.15) is 0 Å². The van der Waals surface area contributed by atoms with Gasteiger partial charge in [-0.2, -0.15) is 4.98 Å². The molecule has 1 aromatic heterocycles. The summed E-state index contributed by atoms with van der Waals surface area (Å²) in [5.41, 5.74) is 0.699. The lowest BCUT2D eigenvalue weighted by atomic mass is 10.2. The number of carbonyl (C=O) groups is 2. The van der Waals surface area contributed by atoms with Gasteiger partial charge in [-0.05, 0) is 18.2 Å². The Morgan fingerprint density at radius 1 is 1.07 bits per heavy atom. The number of carbonyl (C=O) groups excluding carboxylic acids is 2. The molecule has 2 rings (SSSR count). The molecule has 0 aliphatic carbocycles. The molecule has 0 spiro atoms. The van der Waals surface area contributed by atoms with E-state index in [1.807, 2.05) is 0 Å². The van der Waals surface area contributed by atoms with Gasteiger partial charge in [0.2, 0.25) is 23.5 Å². The van der Waals surface area contributed by atoms with Crippen LogP contribution in [-0.2, 0) is 20.7 Å². The number of ether oxygens (including phenoxy) is 3. The van der Waals surface area contributed by atoms with Gasteiger partial charge in [0.05, 0.1) is 27.4 Å². The number of rotatable bonds is 11. The molecule has 152 valence electrons. The molecule has 0 aliphatic heterocycles. The van der Waals surface area contributed by atoms with Crippen LogP contribution in [0.25, 0.3) is 11.4 Å². The van der Waals surface area contributed by atoms with Crippen LogP contribution in [0.2, 0.25) is 0 Å². The van der Waals surface area contributed by atoms with Crippen molar-refractivity contribution in [3.8, 4) is 22.9 Å². The largest absolute Gasteiger partial charge is 0.493 e. The molecule has 0 saturated heterocycles. The van der Waals surface area contributed by atoms with E-state index >= 15 is 0 Å². The van der Waals surface area contributed by atoms with Crippen molar-refractivity contribution in [2.75, 3.05) is 41.0 Å². The van der Waals surface area contributed by atoms with E-state index in [-0.39, 0.29) is 31.2 Å². The van der Waals surface area contributed by atoms with Crippen molar-refractivity contribution in [2.24, 2.45) is 0 Å². The van der Waals surface area contributed by atoms with E-state index in [2.05, 4.69) is 20.8 Å². The van der Waals surface area contributed by atoms with Crippen molar-refractivity contribution in [3.05, 3.63) is 24.1 Å². The summed E-state index contributed by atoms with van der Waals surface area (Å²) < 4.78 is 20.5. The Balaban J connectivity index is 1.83. The molecule has 10 heteroatoms. The zero-order valence-electron chi connectivity index (χ0n) is 16.1. The molecule has 0 unspecified atom stereocenters. The minimum atomic E-state index is -0.284. The van der Waals surface area contributed by atoms with E-state index in [0.717, 1.165) is 0 Å². The lowest BCUT2D eigenvalue weighted by molar-refractivity contribution is -0.126. The lowest BCUT2D eigenvalue weighted by Gasteiger charge is -2.07. The predicted octanol–water partition coefficient (Wildman–Crippen LogP) is 0.565. The molecule has 2 N–H and O–H groups in total. The summed E-state index contributed by atoms with van der Waals surface area (Å²) in [5, 5.41) is 9.07. The average Bonchev–Trinajstić information content (AvgIpc) is 3.19. The molecule has 28 heavy (non-hydrogen) atoms. The Kier molecular flexibility index (Phi) is 8.22. The molecular weight excluding hydrogens is 368 g/mol. The molecule has 1 heterocycles. The van der Waals surface area contributed by atoms with Gasteiger partial charge in [-0.3, -0.25) is 9.59 Å². The monoisotopic (exact) mass is 392 g/mol. The van der Waals surface area contributed by atoms with E-state index in [9.17, 15) is 9.59 Å². The lowest BCUT2D eigenvalue weighted by Crippen LogP contribution is -2.38. The minimum Gasteiger partial charge on any atom is -0.493 e. The van der Waals surface area contributed by atoms with Gasteiger partial charge in [0, 0.05) is 32.1 Å². The van der Waals surface area contributed by atoms with Crippen molar-refractivity contribution >= 4 is 11.8 Å². The summed E-state index contributed by atoms with van der Waals surface area (Å²) in [6.07, 6.45) is 0.385. The van der Waals surface area contributed by atoms with Crippen molar-refractivity contribution in [1.82, 2.24) is 20.8 Å². The summed E-state index contributed by atoms with van der Waals surface area (Å²) in [6, 6.07) is 5.27. The molecule has 2 amide bonds. The Hall–Kier alpha value is -3.14. The van der Waals surface area contributed by atoms with E-state index in [0.29, 0.717) is 41.9 Å². The topological polar surface area (TPSA) is 125 Å². The summed E-state index contributed by atoms with van der Waals surface area (Å²) >= 11 is 0. The molecule has 0 atom stereocenters. The van der Waals surface area contributed by atoms with Gasteiger partial charge in [-0.25, -0.2) is 0 Å². The maximum atomic E-state index is 11.8. The van der Waals surface area contributed by atoms with Crippen LogP contribution in [0.1, 0.15) is 12.3 Å². The standard InChI is InChI=1S/C18H24N4O6/c1-25-9-8-19-16(24)11-20-15(23)6-7-17-21-18(22-28-17)12-4-5-13(26-2)14(10-12)27-3/h4-5,10H,6-9,11H2,1-3H3,(H,19,24)(H,20,23). The maximum Gasteiger partial charge on any atom is 0.239 e. The van der Waals surface area contributed by atoms with Crippen molar-refractivity contribution in [3.63, 3.8) is 0 Å². The Morgan fingerprint density at radius 3 is 2.57 bits per heavy atom. The number of methoxy groups -OCH3 is 3. The minimum absolute atomic E-state index is 0.0940. The highest BCUT2D eigenvalue weighted by Crippen LogP contribution is 2.31. The number of benzene rings is 1. The number of aryl methyl sites for hydroxylation is 1. The number of amides is 2. The second kappa shape index (κ2) is 10.9. The van der Waals surface area contributed by atoms with Crippen LogP contribution in [-0.4, -0.2) is 63.0 Å². The number of nitrogens with zero attached hydrogens (tertiary/aromatic N) is 2. The van der Waals surface area contributed by atoms with Crippen LogP contribution in [0.15, 0.2) is 22.7 Å². The highest BCUT2D eigenvalue weighted by atomic mass is 16.5. The molecule has 0 fully saturated rings. The average molecular weight is 392 g/mol. The maximum absolute atomic E-state index is 11.8. The Bertz CT molecular complexity index is 792. The normalized spacial score (nSPS) is 10.4. The first-order valence-corrected chi connectivity index (χ1v) is 8.64. The van der Waals surface area contributed by atoms with E-state index in [1.165, 1.54) is 0 Å². The van der Waals surface area contributed by atoms with Crippen molar-refractivity contribution < 1.29 is 28.3 Å². The van der Waals surface area contributed by atoms with E-state index < -0.39 is 0 Å². The molecule has 0 aliphatic rings. The second-order valence-electron chi connectivity index (χ2n) is 5.70. The smallest absolute Gasteiger partial charge is 0.239 e. The van der Waals surface area contributed by atoms with Gasteiger partial charge in [-0.15, -0.1) is 0 Å². The summed E-state index contributed by atoms with van der Waals surface area (Å²) in [5.74, 6) is 1.29. The molecule has 10 nitrogen and oxygen atoms in total. The van der Waals surface area contributed by atoms with Gasteiger partial charge in [0.15, 0.2) is 11.5 Å². The summed E-state index contributed by atoms with van der Waals surface area (Å²) in [4.78, 5) is 27.6. The van der Waals surface area contributed by atoms with E-state index in [1.54, 1.807) is 39.5 Å². The first-order valence-electron chi connectivity index (χ1n) is 8.64. The first kappa shape index (κ1) is 21.2. The van der Waals surface area contributed by atoms with Crippen LogP contribution in [0.3, 0.4) is 0 Å². The number of hydrogen-bond acceptors (Lipinski definition) is 8. The molecule has 0 bridgehead atoms. The van der Waals surface area contributed by atoms with Crippen molar-refractivity contribution in [2.45, 2.75) is 12.8 Å². The molecule has 2 aromatic rings. The van der Waals surface area contributed by atoms with Crippen LogP contribution < -0.4 is 20.1 Å². The third kappa shape index (κ3) is 6.23. The number of nitrogens with one attached hydrogen (secondary N) is 2. The zero-order valence-corrected chi connectivity index (χ0v) is 16.1. The number of hydrogen-bond donors (Lipinski definition) is 2. The Morgan fingerprint density at radius 2 is 1.86 bits per heavy atom. The SMILES string of the molecule is COCCNC(=O)CNC(=O)CCc1nc(-c2ccc(OC)c(OC)c2)no1. The van der Waals surface area contributed by atoms with Gasteiger partial charge in [-0.1, -0.05) is 5.16 Å². The fraction of sp³-hybridized carbons (Fsp3) is 0.444. The van der Waals surface area contributed by atoms with Crippen LogP contribution in [0.4, 0.5) is 0 Å². The van der Waals surface area contributed by atoms with Gasteiger partial charge >= 0.3 is 0 Å². The summed E-state index contributed by atoms with van der Waals surface area (Å²) in [7, 11) is 4.64. The molecule has 1 aromatic carbocycles. The molecule has 0 saturated carbocycles. The summed E-state index contributed by atoms with van der Waals surface area (Å²) in [6.45, 7) is 0.717. The highest BCUT2D eigenvalue weighted by Gasteiger charge is 2.13. The predicted molar refractivity (Wildman–Crippen MR) is 99.1 cm³/mol. The molecular formula is C18H24N4O6. The fourth-order valence-electron chi connectivity index (χ4n) is 2.29. The molecule has 0 radical (unpaired) electrons. The highest BCUT2D eigenvalue weighted by molar-refractivity contribution is 5.84. The van der Waals surface area contributed by atoms with Crippen LogP contribution in [0.5, 0.6) is 11.5 Å². The van der Waals surface area contributed by atoms with Gasteiger partial charge in [0.25, 0.3) is 0 Å². The third-order valence-corrected chi connectivity index (χ3v) is 3.75. The Labute approximate surface area is 162 Å². The van der Waals surface area contributed by atoms with Gasteiger partial charge < -0.3 is 29.4 Å². The quantitative estimate of drug-likeness (QED) is 0.532. The van der Waals surface area contributed by atoms with Crippen LogP contribution >= 0.6 is 0 Å². The first-order chi connectivity index (χ1) is 13.6. The fourth-order valence-corrected chi connectivity index (χ4v) is 2.29. The van der Waals surface area contributed by atoms with E-state index in [4.69, 9.17) is 18.7 Å². The third-order valence-electron chi connectivity index (χ3n) is 3.75. The van der Waals surface area contributed by atoms with Crippen LogP contribution in [0, 0.1) is 0 Å².